The second kappa shape index (κ2) is 51.4. The Kier molecular flexibility index (Phi) is 48.1. The first kappa shape index (κ1) is 59.8. The summed E-state index contributed by atoms with van der Waals surface area (Å²) in [6, 6.07) is 0. The van der Waals surface area contributed by atoms with Crippen LogP contribution in [0.5, 0.6) is 0 Å². The summed E-state index contributed by atoms with van der Waals surface area (Å²) in [5, 5.41) is 0. The molecule has 1 atom stereocenters. The van der Waals surface area contributed by atoms with Crippen molar-refractivity contribution in [2.24, 2.45) is 0 Å². The van der Waals surface area contributed by atoms with Crippen LogP contribution in [0.4, 0.5) is 0 Å². The van der Waals surface area contributed by atoms with Gasteiger partial charge in [-0.1, -0.05) is 200 Å². The van der Waals surface area contributed by atoms with Gasteiger partial charge in [-0.2, -0.15) is 0 Å². The van der Waals surface area contributed by atoms with Crippen LogP contribution in [0.1, 0.15) is 207 Å². The summed E-state index contributed by atoms with van der Waals surface area (Å²) in [6.45, 7) is 6.26. The highest BCUT2D eigenvalue weighted by Crippen LogP contribution is 2.12. The van der Waals surface area contributed by atoms with E-state index in [9.17, 15) is 14.4 Å². The standard InChI is InChI=1S/C58H92O6/c1-4-7-10-13-16-19-22-25-27-29-31-33-36-39-42-45-48-51-57(60)63-54-55(53-62-56(59)50-47-44-41-38-35-32-24-21-18-15-12-9-6-3)64-58(61)52-49-46-43-40-37-34-30-28-26-23-20-17-14-11-8-5-2/h7,9-10,12,16,18-19,21,25,27-28,30-33,35,39,41-42,44,55H,4-6,8,11,13-15,17,20,22-24,26,29,34,36-38,40,43,45-54H2,1-3H3/b10-7-,12-9-,19-16-,21-18-,27-25-,30-28-,33-31-,35-32-,42-39-,44-41-. The van der Waals surface area contributed by atoms with E-state index >= 15 is 0 Å². The van der Waals surface area contributed by atoms with Gasteiger partial charge < -0.3 is 14.2 Å². The van der Waals surface area contributed by atoms with Gasteiger partial charge in [0, 0.05) is 19.3 Å². The lowest BCUT2D eigenvalue weighted by molar-refractivity contribution is -0.166. The molecule has 0 amide bonds. The summed E-state index contributed by atoms with van der Waals surface area (Å²) in [7, 11) is 0. The number of ether oxygens (including phenoxy) is 3. The largest absolute Gasteiger partial charge is 0.462 e. The molecule has 1 unspecified atom stereocenters. The van der Waals surface area contributed by atoms with Crippen LogP contribution in [-0.2, 0) is 28.6 Å². The molecular weight excluding hydrogens is 793 g/mol. The van der Waals surface area contributed by atoms with E-state index < -0.39 is 6.10 Å². The highest BCUT2D eigenvalue weighted by molar-refractivity contribution is 5.71. The van der Waals surface area contributed by atoms with Crippen LogP contribution in [0.25, 0.3) is 0 Å². The third-order valence-electron chi connectivity index (χ3n) is 10.2. The van der Waals surface area contributed by atoms with Gasteiger partial charge in [0.25, 0.3) is 0 Å². The molecule has 0 rings (SSSR count). The number of rotatable bonds is 44. The van der Waals surface area contributed by atoms with Crippen molar-refractivity contribution in [3.8, 4) is 0 Å². The lowest BCUT2D eigenvalue weighted by atomic mass is 10.1. The number of carbonyl (C=O) groups is 3. The average Bonchev–Trinajstić information content (AvgIpc) is 3.29. The zero-order chi connectivity index (χ0) is 46.5. The number of hydrogen-bond acceptors (Lipinski definition) is 6. The van der Waals surface area contributed by atoms with E-state index in [0.717, 1.165) is 96.3 Å². The molecule has 0 aromatic rings. The van der Waals surface area contributed by atoms with Gasteiger partial charge in [-0.3, -0.25) is 14.4 Å². The van der Waals surface area contributed by atoms with Gasteiger partial charge in [0.15, 0.2) is 6.10 Å². The van der Waals surface area contributed by atoms with Gasteiger partial charge in [-0.25, -0.2) is 0 Å². The normalized spacial score (nSPS) is 13.1. The molecule has 0 aliphatic heterocycles. The minimum absolute atomic E-state index is 0.136. The highest BCUT2D eigenvalue weighted by Gasteiger charge is 2.19. The van der Waals surface area contributed by atoms with Gasteiger partial charge >= 0.3 is 17.9 Å². The maximum absolute atomic E-state index is 12.8. The average molecular weight is 885 g/mol. The Morgan fingerprint density at radius 2 is 0.656 bits per heavy atom. The Labute approximate surface area is 392 Å². The molecule has 64 heavy (non-hydrogen) atoms. The number of unbranched alkanes of at least 4 members (excludes halogenated alkanes) is 13. The zero-order valence-electron chi connectivity index (χ0n) is 41.0. The van der Waals surface area contributed by atoms with Crippen LogP contribution < -0.4 is 0 Å². The number of esters is 3. The summed E-state index contributed by atoms with van der Waals surface area (Å²) >= 11 is 0. The first-order valence-corrected chi connectivity index (χ1v) is 25.5. The van der Waals surface area contributed by atoms with Crippen molar-refractivity contribution in [2.75, 3.05) is 13.2 Å². The molecule has 0 heterocycles. The third kappa shape index (κ3) is 48.8. The second-order valence-electron chi connectivity index (χ2n) is 16.3. The monoisotopic (exact) mass is 885 g/mol. The van der Waals surface area contributed by atoms with E-state index in [4.69, 9.17) is 14.2 Å². The number of carbonyl (C=O) groups excluding carboxylic acids is 3. The van der Waals surface area contributed by atoms with Gasteiger partial charge in [-0.05, 0) is 109 Å². The van der Waals surface area contributed by atoms with E-state index in [0.29, 0.717) is 12.8 Å². The molecular formula is C58H92O6. The summed E-state index contributed by atoms with van der Waals surface area (Å²) < 4.78 is 16.7. The van der Waals surface area contributed by atoms with E-state index in [1.807, 2.05) is 12.2 Å². The zero-order valence-corrected chi connectivity index (χ0v) is 41.0. The van der Waals surface area contributed by atoms with Crippen molar-refractivity contribution in [1.82, 2.24) is 0 Å². The lowest BCUT2D eigenvalue weighted by Gasteiger charge is -2.18. The van der Waals surface area contributed by atoms with Crippen molar-refractivity contribution in [3.63, 3.8) is 0 Å². The van der Waals surface area contributed by atoms with Crippen molar-refractivity contribution in [2.45, 2.75) is 213 Å². The van der Waals surface area contributed by atoms with Crippen LogP contribution in [0.15, 0.2) is 122 Å². The second-order valence-corrected chi connectivity index (χ2v) is 16.3. The maximum atomic E-state index is 12.8. The van der Waals surface area contributed by atoms with Crippen LogP contribution in [0.2, 0.25) is 0 Å². The van der Waals surface area contributed by atoms with Gasteiger partial charge in [0.05, 0.1) is 0 Å². The number of hydrogen-bond donors (Lipinski definition) is 0. The number of allylic oxidation sites excluding steroid dienone is 20. The van der Waals surface area contributed by atoms with Crippen LogP contribution in [0, 0.1) is 0 Å². The van der Waals surface area contributed by atoms with E-state index in [-0.39, 0.29) is 50.4 Å². The van der Waals surface area contributed by atoms with Crippen molar-refractivity contribution in [1.29, 1.82) is 0 Å². The minimum Gasteiger partial charge on any atom is -0.462 e. The first-order valence-electron chi connectivity index (χ1n) is 25.5. The van der Waals surface area contributed by atoms with Gasteiger partial charge in [0.2, 0.25) is 0 Å². The molecule has 0 aliphatic carbocycles. The molecule has 360 valence electrons. The minimum atomic E-state index is -0.836. The molecule has 0 fully saturated rings. The summed E-state index contributed by atoms with van der Waals surface area (Å²) in [5.41, 5.74) is 0. The molecule has 0 spiro atoms. The van der Waals surface area contributed by atoms with Crippen molar-refractivity contribution in [3.05, 3.63) is 122 Å². The Hall–Kier alpha value is -4.19. The maximum Gasteiger partial charge on any atom is 0.306 e. The van der Waals surface area contributed by atoms with E-state index in [2.05, 4.69) is 130 Å². The molecule has 0 bridgehead atoms. The predicted octanol–water partition coefficient (Wildman–Crippen LogP) is 16.9. The lowest BCUT2D eigenvalue weighted by Crippen LogP contribution is -2.30. The summed E-state index contributed by atoms with van der Waals surface area (Å²) in [5.74, 6) is -1.09. The highest BCUT2D eigenvalue weighted by atomic mass is 16.6. The predicted molar refractivity (Wildman–Crippen MR) is 274 cm³/mol. The Bertz CT molecular complexity index is 1390. The quantitative estimate of drug-likeness (QED) is 0.0262. The Balaban J connectivity index is 4.59. The van der Waals surface area contributed by atoms with E-state index in [1.54, 1.807) is 0 Å². The van der Waals surface area contributed by atoms with Crippen molar-refractivity contribution < 1.29 is 28.6 Å². The topological polar surface area (TPSA) is 78.9 Å². The SMILES string of the molecule is CC/C=C\C/C=C\C/C=C\C/C=C\C/C=C\CCCC(=O)OCC(COC(=O)CC/C=C\C/C=C\C/C=C\C/C=C\CC)OC(=O)CCCCCCC/C=C\CCCCCCCCC. The molecule has 0 aliphatic rings. The molecule has 0 saturated carbocycles. The fourth-order valence-electron chi connectivity index (χ4n) is 6.43. The van der Waals surface area contributed by atoms with Crippen LogP contribution in [0.3, 0.4) is 0 Å². The molecule has 0 N–H and O–H groups in total. The smallest absolute Gasteiger partial charge is 0.306 e. The summed E-state index contributed by atoms with van der Waals surface area (Å²) in [6.07, 6.45) is 70.6. The van der Waals surface area contributed by atoms with Crippen molar-refractivity contribution >= 4 is 17.9 Å². The fraction of sp³-hybridized carbons (Fsp3) is 0.603. The fourth-order valence-corrected chi connectivity index (χ4v) is 6.43. The molecule has 6 heteroatoms. The Morgan fingerprint density at radius 1 is 0.328 bits per heavy atom. The molecule has 0 aromatic carbocycles. The van der Waals surface area contributed by atoms with E-state index in [1.165, 1.54) is 57.8 Å². The Morgan fingerprint density at radius 3 is 1.11 bits per heavy atom. The summed E-state index contributed by atoms with van der Waals surface area (Å²) in [4.78, 5) is 37.9. The van der Waals surface area contributed by atoms with Gasteiger partial charge in [0.1, 0.15) is 13.2 Å². The van der Waals surface area contributed by atoms with Crippen LogP contribution in [-0.4, -0.2) is 37.2 Å². The van der Waals surface area contributed by atoms with Crippen LogP contribution >= 0.6 is 0 Å². The molecule has 0 saturated heterocycles. The third-order valence-corrected chi connectivity index (χ3v) is 10.2. The first-order chi connectivity index (χ1) is 31.5. The molecule has 0 aromatic heterocycles. The molecule has 0 radical (unpaired) electrons. The van der Waals surface area contributed by atoms with Gasteiger partial charge in [-0.15, -0.1) is 0 Å². The molecule has 6 nitrogen and oxygen atoms in total.